The number of nitrogens with one attached hydrogen (secondary N) is 2. The first-order valence-corrected chi connectivity index (χ1v) is 11.6. The first-order valence-electron chi connectivity index (χ1n) is 10.8. The van der Waals surface area contributed by atoms with Gasteiger partial charge < -0.3 is 5.32 Å². The lowest BCUT2D eigenvalue weighted by Gasteiger charge is -2.38. The SMILES string of the molecule is CCc1ccc(-c2[nH]nc3c2C(c2ccc(Br)cc2)C2=C(CC(C)(C)CC2=O)N3)cc1. The van der Waals surface area contributed by atoms with E-state index in [-0.39, 0.29) is 17.1 Å². The van der Waals surface area contributed by atoms with Gasteiger partial charge in [0.2, 0.25) is 0 Å². The number of rotatable bonds is 3. The van der Waals surface area contributed by atoms with Gasteiger partial charge in [-0.3, -0.25) is 9.89 Å². The molecule has 1 atom stereocenters. The second kappa shape index (κ2) is 7.49. The summed E-state index contributed by atoms with van der Waals surface area (Å²) in [5.41, 5.74) is 7.37. The number of allylic oxidation sites excluding steroid dienone is 2. The largest absolute Gasteiger partial charge is 0.342 e. The van der Waals surface area contributed by atoms with Crippen molar-refractivity contribution in [2.24, 2.45) is 5.41 Å². The van der Waals surface area contributed by atoms with Crippen molar-refractivity contribution >= 4 is 27.5 Å². The molecular formula is C26H26BrN3O. The number of carbonyl (C=O) groups excluding carboxylic acids is 1. The summed E-state index contributed by atoms with van der Waals surface area (Å²) >= 11 is 3.54. The second-order valence-electron chi connectivity index (χ2n) is 9.35. The Labute approximate surface area is 191 Å². The molecule has 3 aromatic rings. The van der Waals surface area contributed by atoms with Crippen LogP contribution in [0.1, 0.15) is 56.2 Å². The number of hydrogen-bond acceptors (Lipinski definition) is 3. The number of Topliss-reactive ketones (excluding diaryl/α,β-unsaturated/α-hetero) is 1. The Balaban J connectivity index is 1.70. The maximum Gasteiger partial charge on any atom is 0.162 e. The highest BCUT2D eigenvalue weighted by Crippen LogP contribution is 2.50. The summed E-state index contributed by atoms with van der Waals surface area (Å²) in [6, 6.07) is 16.9. The van der Waals surface area contributed by atoms with E-state index in [4.69, 9.17) is 0 Å². The Morgan fingerprint density at radius 2 is 1.77 bits per heavy atom. The van der Waals surface area contributed by atoms with E-state index in [1.165, 1.54) is 5.56 Å². The van der Waals surface area contributed by atoms with Gasteiger partial charge in [-0.05, 0) is 47.1 Å². The molecule has 0 radical (unpaired) electrons. The van der Waals surface area contributed by atoms with Crippen LogP contribution >= 0.6 is 15.9 Å². The molecule has 0 saturated heterocycles. The van der Waals surface area contributed by atoms with Crippen LogP contribution in [0.3, 0.4) is 0 Å². The van der Waals surface area contributed by atoms with E-state index >= 15 is 0 Å². The number of anilines is 1. The smallest absolute Gasteiger partial charge is 0.162 e. The van der Waals surface area contributed by atoms with Crippen molar-refractivity contribution < 1.29 is 4.79 Å². The highest BCUT2D eigenvalue weighted by molar-refractivity contribution is 9.10. The number of carbonyl (C=O) groups is 1. The lowest BCUT2D eigenvalue weighted by atomic mass is 9.69. The molecule has 0 bridgehead atoms. The summed E-state index contributed by atoms with van der Waals surface area (Å²) < 4.78 is 1.03. The van der Waals surface area contributed by atoms with Gasteiger partial charge in [-0.1, -0.05) is 73.1 Å². The van der Waals surface area contributed by atoms with Crippen LogP contribution in [0.4, 0.5) is 5.82 Å². The zero-order valence-electron chi connectivity index (χ0n) is 18.1. The van der Waals surface area contributed by atoms with E-state index in [1.54, 1.807) is 0 Å². The van der Waals surface area contributed by atoms with Crippen LogP contribution in [0.25, 0.3) is 11.3 Å². The first-order chi connectivity index (χ1) is 14.9. The molecule has 0 spiro atoms. The zero-order chi connectivity index (χ0) is 21.8. The molecule has 5 rings (SSSR count). The molecule has 31 heavy (non-hydrogen) atoms. The third kappa shape index (κ3) is 3.55. The highest BCUT2D eigenvalue weighted by atomic mass is 79.9. The van der Waals surface area contributed by atoms with Crippen molar-refractivity contribution in [3.8, 4) is 11.3 Å². The fourth-order valence-corrected chi connectivity index (χ4v) is 5.18. The number of H-pyrrole nitrogens is 1. The maximum absolute atomic E-state index is 13.4. The number of aryl methyl sites for hydroxylation is 1. The molecule has 158 valence electrons. The molecule has 0 saturated carbocycles. The fourth-order valence-electron chi connectivity index (χ4n) is 4.91. The summed E-state index contributed by atoms with van der Waals surface area (Å²) in [4.78, 5) is 13.4. The van der Waals surface area contributed by atoms with E-state index in [0.29, 0.717) is 6.42 Å². The normalized spacial score (nSPS) is 19.6. The molecule has 0 amide bonds. The van der Waals surface area contributed by atoms with E-state index in [9.17, 15) is 4.79 Å². The Morgan fingerprint density at radius 1 is 1.06 bits per heavy atom. The monoisotopic (exact) mass is 475 g/mol. The van der Waals surface area contributed by atoms with Crippen molar-refractivity contribution in [2.75, 3.05) is 5.32 Å². The number of halogens is 1. The first kappa shape index (κ1) is 20.3. The van der Waals surface area contributed by atoms with Crippen LogP contribution < -0.4 is 5.32 Å². The number of ketones is 1. The molecule has 1 aliphatic carbocycles. The summed E-state index contributed by atoms with van der Waals surface area (Å²) in [5, 5.41) is 11.4. The minimum atomic E-state index is -0.137. The third-order valence-corrected chi connectivity index (χ3v) is 6.95. The summed E-state index contributed by atoms with van der Waals surface area (Å²) in [6.07, 6.45) is 2.41. The highest BCUT2D eigenvalue weighted by Gasteiger charge is 2.42. The van der Waals surface area contributed by atoms with Gasteiger partial charge in [-0.15, -0.1) is 0 Å². The molecule has 1 unspecified atom stereocenters. The molecule has 0 fully saturated rings. The minimum Gasteiger partial charge on any atom is -0.342 e. The molecular weight excluding hydrogens is 450 g/mol. The Kier molecular flexibility index (Phi) is 4.89. The van der Waals surface area contributed by atoms with E-state index < -0.39 is 0 Å². The van der Waals surface area contributed by atoms with Gasteiger partial charge in [0.1, 0.15) is 0 Å². The quantitative estimate of drug-likeness (QED) is 0.448. The number of benzene rings is 2. The van der Waals surface area contributed by atoms with Crippen LogP contribution in [0.2, 0.25) is 0 Å². The van der Waals surface area contributed by atoms with Gasteiger partial charge in [-0.2, -0.15) is 5.10 Å². The van der Waals surface area contributed by atoms with Gasteiger partial charge in [-0.25, -0.2) is 0 Å². The predicted octanol–water partition coefficient (Wildman–Crippen LogP) is 6.60. The van der Waals surface area contributed by atoms with Gasteiger partial charge in [0, 0.05) is 33.6 Å². The average molecular weight is 476 g/mol. The molecule has 1 aromatic heterocycles. The van der Waals surface area contributed by atoms with Crippen LogP contribution in [0.5, 0.6) is 0 Å². The lowest BCUT2D eigenvalue weighted by Crippen LogP contribution is -2.33. The molecule has 4 nitrogen and oxygen atoms in total. The topological polar surface area (TPSA) is 57.8 Å². The Bertz CT molecular complexity index is 1190. The molecule has 2 N–H and O–H groups in total. The van der Waals surface area contributed by atoms with Crippen LogP contribution in [-0.4, -0.2) is 16.0 Å². The number of hydrogen-bond donors (Lipinski definition) is 2. The van der Waals surface area contributed by atoms with Gasteiger partial charge in [0.15, 0.2) is 11.6 Å². The van der Waals surface area contributed by atoms with E-state index in [0.717, 1.165) is 56.8 Å². The van der Waals surface area contributed by atoms with Crippen LogP contribution in [0.15, 0.2) is 64.3 Å². The molecule has 1 aliphatic heterocycles. The lowest BCUT2D eigenvalue weighted by molar-refractivity contribution is -0.118. The van der Waals surface area contributed by atoms with Gasteiger partial charge in [0.05, 0.1) is 5.69 Å². The number of aromatic nitrogens is 2. The van der Waals surface area contributed by atoms with Crippen molar-refractivity contribution in [1.82, 2.24) is 10.2 Å². The second-order valence-corrected chi connectivity index (χ2v) is 10.3. The Morgan fingerprint density at radius 3 is 2.45 bits per heavy atom. The number of fused-ring (bicyclic) bond motifs is 1. The molecule has 5 heteroatoms. The third-order valence-electron chi connectivity index (χ3n) is 6.42. The minimum absolute atomic E-state index is 0.0557. The summed E-state index contributed by atoms with van der Waals surface area (Å²) in [7, 11) is 0. The predicted molar refractivity (Wildman–Crippen MR) is 128 cm³/mol. The van der Waals surface area contributed by atoms with Crippen molar-refractivity contribution in [3.63, 3.8) is 0 Å². The standard InChI is InChI=1S/C26H26BrN3O/c1-4-15-5-7-17(8-6-15)24-23-21(16-9-11-18(27)12-10-16)22-19(28-25(23)30-29-24)13-26(2,3)14-20(22)31/h5-12,21H,4,13-14H2,1-3H3,(H2,28,29,30). The Hall–Kier alpha value is -2.66. The number of nitrogens with zero attached hydrogens (tertiary/aromatic N) is 1. The molecule has 2 aliphatic rings. The van der Waals surface area contributed by atoms with Gasteiger partial charge >= 0.3 is 0 Å². The maximum atomic E-state index is 13.4. The zero-order valence-corrected chi connectivity index (χ0v) is 19.6. The van der Waals surface area contributed by atoms with E-state index in [1.807, 2.05) is 12.1 Å². The fraction of sp³-hybridized carbons (Fsp3) is 0.308. The van der Waals surface area contributed by atoms with Crippen molar-refractivity contribution in [3.05, 3.63) is 81.0 Å². The van der Waals surface area contributed by atoms with Crippen LogP contribution in [-0.2, 0) is 11.2 Å². The molecule has 2 heterocycles. The number of aromatic amines is 1. The van der Waals surface area contributed by atoms with E-state index in [2.05, 4.69) is 88.6 Å². The van der Waals surface area contributed by atoms with Crippen molar-refractivity contribution in [2.45, 2.75) is 46.0 Å². The van der Waals surface area contributed by atoms with Gasteiger partial charge in [0.25, 0.3) is 0 Å². The summed E-state index contributed by atoms with van der Waals surface area (Å²) in [6.45, 7) is 6.47. The average Bonchev–Trinajstić information content (AvgIpc) is 3.15. The van der Waals surface area contributed by atoms with Crippen LogP contribution in [0, 0.1) is 5.41 Å². The van der Waals surface area contributed by atoms with Crippen molar-refractivity contribution in [1.29, 1.82) is 0 Å². The summed E-state index contributed by atoms with van der Waals surface area (Å²) in [5.74, 6) is 0.917. The molecule has 2 aromatic carbocycles.